The van der Waals surface area contributed by atoms with Gasteiger partial charge in [-0.3, -0.25) is 0 Å². The normalized spacial score (nSPS) is 14.2. The molecule has 3 aromatic carbocycles. The van der Waals surface area contributed by atoms with Crippen LogP contribution in [0.2, 0.25) is 0 Å². The van der Waals surface area contributed by atoms with Crippen molar-refractivity contribution in [1.82, 2.24) is 0 Å². The molecule has 234 valence electrons. The molecule has 8 nitrogen and oxygen atoms in total. The first-order valence-corrected chi connectivity index (χ1v) is 15.5. The van der Waals surface area contributed by atoms with Crippen molar-refractivity contribution in [2.24, 2.45) is 0 Å². The third-order valence-electron chi connectivity index (χ3n) is 8.35. The summed E-state index contributed by atoms with van der Waals surface area (Å²) in [6, 6.07) is 31.0. The van der Waals surface area contributed by atoms with E-state index < -0.39 is 0 Å². The molecule has 1 aliphatic heterocycles. The van der Waals surface area contributed by atoms with Gasteiger partial charge in [0.1, 0.15) is 13.1 Å². The fourth-order valence-corrected chi connectivity index (χ4v) is 5.82. The summed E-state index contributed by atoms with van der Waals surface area (Å²) in [5.41, 5.74) is 6.13. The number of nitriles is 3. The Morgan fingerprint density at radius 3 is 2.17 bits per heavy atom. The van der Waals surface area contributed by atoms with Crippen molar-refractivity contribution in [3.63, 3.8) is 0 Å². The fourth-order valence-electron chi connectivity index (χ4n) is 5.82. The van der Waals surface area contributed by atoms with Gasteiger partial charge in [0.05, 0.1) is 62.7 Å². The smallest absolute Gasteiger partial charge is 0.270 e. The Labute approximate surface area is 277 Å². The number of unbranched alkanes of at least 4 members (excludes halogenated alkanes) is 1. The van der Waals surface area contributed by atoms with Crippen molar-refractivity contribution >= 4 is 16.8 Å². The van der Waals surface area contributed by atoms with Gasteiger partial charge in [-0.1, -0.05) is 60.7 Å². The maximum Gasteiger partial charge on any atom is 0.270 e. The van der Waals surface area contributed by atoms with Crippen LogP contribution in [0, 0.1) is 40.6 Å². The number of benzene rings is 3. The molecule has 0 aromatic heterocycles. The van der Waals surface area contributed by atoms with E-state index in [-0.39, 0.29) is 30.1 Å². The van der Waals surface area contributed by atoms with Gasteiger partial charge in [-0.2, -0.15) is 10.5 Å². The zero-order valence-corrected chi connectivity index (χ0v) is 26.5. The van der Waals surface area contributed by atoms with Gasteiger partial charge >= 0.3 is 0 Å². The molecule has 47 heavy (non-hydrogen) atoms. The van der Waals surface area contributed by atoms with Gasteiger partial charge in [0, 0.05) is 29.1 Å². The second-order valence-electron chi connectivity index (χ2n) is 11.5. The van der Waals surface area contributed by atoms with Crippen molar-refractivity contribution in [3.05, 3.63) is 148 Å². The molecular weight excluding hydrogens is 584 g/mol. The number of fused-ring (bicyclic) bond motifs is 1. The number of hydrogen-bond acceptors (Lipinski definition) is 6. The number of aliphatic hydroxyl groups is 2. The van der Waals surface area contributed by atoms with E-state index in [9.17, 15) is 26.0 Å². The number of hydrogen-bond donors (Lipinski definition) is 2. The van der Waals surface area contributed by atoms with Crippen LogP contribution in [0.5, 0.6) is 0 Å². The van der Waals surface area contributed by atoms with E-state index >= 15 is 0 Å². The van der Waals surface area contributed by atoms with Crippen molar-refractivity contribution in [2.75, 3.05) is 51.3 Å². The summed E-state index contributed by atoms with van der Waals surface area (Å²) in [7, 11) is 2.05. The predicted molar refractivity (Wildman–Crippen MR) is 184 cm³/mol. The number of likely N-dealkylation sites (N-methyl/N-ethyl adjacent to an activating group) is 1. The van der Waals surface area contributed by atoms with Crippen molar-refractivity contribution < 1.29 is 14.7 Å². The molecule has 0 saturated carbocycles. The van der Waals surface area contributed by atoms with Crippen LogP contribution in [0.1, 0.15) is 35.1 Å². The van der Waals surface area contributed by atoms with Crippen LogP contribution in [0.25, 0.3) is 16.0 Å². The molecule has 1 aliphatic rings. The molecule has 0 bridgehead atoms. The first kappa shape index (κ1) is 34.1. The molecule has 0 atom stereocenters. The van der Waals surface area contributed by atoms with E-state index in [0.717, 1.165) is 47.5 Å². The van der Waals surface area contributed by atoms with E-state index in [0.29, 0.717) is 35.2 Å². The highest BCUT2D eigenvalue weighted by atomic mass is 16.3. The second-order valence-corrected chi connectivity index (χ2v) is 11.5. The van der Waals surface area contributed by atoms with Crippen LogP contribution in [0.15, 0.2) is 114 Å². The van der Waals surface area contributed by atoms with E-state index in [1.54, 1.807) is 30.3 Å². The molecule has 4 rings (SSSR count). The number of rotatable bonds is 13. The molecule has 1 heterocycles. The van der Waals surface area contributed by atoms with Gasteiger partial charge in [0.2, 0.25) is 0 Å². The third kappa shape index (κ3) is 8.30. The predicted octanol–water partition coefficient (Wildman–Crippen LogP) is 6.21. The molecule has 0 fully saturated rings. The quantitative estimate of drug-likeness (QED) is 0.0770. The van der Waals surface area contributed by atoms with Crippen molar-refractivity contribution in [2.45, 2.75) is 12.8 Å². The number of para-hydroxylation sites is 1. The Balaban J connectivity index is 1.80. The highest BCUT2D eigenvalue weighted by Gasteiger charge is 2.24. The standard InChI is InChI=1S/C39H37N6O2/c1-43-37(29-42)39(32-16-14-30(27-40)15-17-32)33(28-41)18-19-34-26-36(31-10-4-3-5-11-31)35-12-6-7-13-38(35)44(34)20-8-9-21-45(2,22-24-46)23-25-47/h3-7,10-19,26,46-47H,8-9,20-25H2,2H3/q+1. The van der Waals surface area contributed by atoms with Crippen LogP contribution in [-0.2, 0) is 0 Å². The largest absolute Gasteiger partial charge is 0.391 e. The lowest BCUT2D eigenvalue weighted by atomic mass is 9.91. The summed E-state index contributed by atoms with van der Waals surface area (Å²) in [6.07, 6.45) is 7.33. The molecule has 0 spiro atoms. The molecule has 0 amide bonds. The first-order valence-electron chi connectivity index (χ1n) is 15.5. The highest BCUT2D eigenvalue weighted by Crippen LogP contribution is 2.39. The highest BCUT2D eigenvalue weighted by molar-refractivity contribution is 5.92. The molecular formula is C39H37N6O2+. The minimum Gasteiger partial charge on any atom is -0.391 e. The van der Waals surface area contributed by atoms with Crippen LogP contribution in [0.3, 0.4) is 0 Å². The lowest BCUT2D eigenvalue weighted by Gasteiger charge is -2.35. The van der Waals surface area contributed by atoms with E-state index in [4.69, 9.17) is 6.57 Å². The van der Waals surface area contributed by atoms with Crippen LogP contribution in [-0.4, -0.2) is 61.1 Å². The minimum atomic E-state index is -0.209. The Morgan fingerprint density at radius 2 is 1.55 bits per heavy atom. The summed E-state index contributed by atoms with van der Waals surface area (Å²) in [4.78, 5) is 5.64. The Bertz CT molecular complexity index is 1840. The van der Waals surface area contributed by atoms with Crippen LogP contribution >= 0.6 is 0 Å². The molecule has 8 heteroatoms. The maximum absolute atomic E-state index is 10.3. The average molecular weight is 622 g/mol. The molecule has 0 unspecified atom stereocenters. The Hall–Kier alpha value is -5.74. The summed E-state index contributed by atoms with van der Waals surface area (Å²) < 4.78 is 0.589. The molecule has 3 aromatic rings. The zero-order valence-electron chi connectivity index (χ0n) is 26.5. The average Bonchev–Trinajstić information content (AvgIpc) is 3.10. The van der Waals surface area contributed by atoms with Crippen LogP contribution < -0.4 is 4.90 Å². The van der Waals surface area contributed by atoms with Crippen LogP contribution in [0.4, 0.5) is 5.69 Å². The number of aliphatic hydroxyl groups excluding tert-OH is 2. The number of allylic oxidation sites excluding steroid dienone is 6. The van der Waals surface area contributed by atoms with Crippen molar-refractivity contribution in [1.29, 1.82) is 15.8 Å². The first-order chi connectivity index (χ1) is 22.9. The molecule has 0 aliphatic carbocycles. The number of nitrogens with zero attached hydrogens (tertiary/aromatic N) is 6. The van der Waals surface area contributed by atoms with E-state index in [1.165, 1.54) is 0 Å². The summed E-state index contributed by atoms with van der Waals surface area (Å²) in [5, 5.41) is 48.5. The lowest BCUT2D eigenvalue weighted by molar-refractivity contribution is -0.910. The Morgan fingerprint density at radius 1 is 0.872 bits per heavy atom. The SMILES string of the molecule is [C-]#[N+]C(C#N)=C(C(C#N)=CC=C1C=C(c2ccccc2)c2ccccc2N1CCCC[N+](C)(CCO)CCO)c1ccc(C#N)cc1. The molecule has 0 saturated heterocycles. The molecule has 0 radical (unpaired) electrons. The monoisotopic (exact) mass is 621 g/mol. The summed E-state index contributed by atoms with van der Waals surface area (Å²) in [6.45, 7) is 10.4. The van der Waals surface area contributed by atoms with Gasteiger partial charge in [-0.15, -0.1) is 0 Å². The minimum absolute atomic E-state index is 0.0589. The fraction of sp³-hybridized carbons (Fsp3) is 0.231. The van der Waals surface area contributed by atoms with E-state index in [1.807, 2.05) is 42.5 Å². The van der Waals surface area contributed by atoms with Gasteiger partial charge in [0.15, 0.2) is 0 Å². The summed E-state index contributed by atoms with van der Waals surface area (Å²) in [5.74, 6) is 0. The summed E-state index contributed by atoms with van der Waals surface area (Å²) >= 11 is 0. The lowest BCUT2D eigenvalue weighted by Crippen LogP contribution is -2.48. The van der Waals surface area contributed by atoms with Gasteiger partial charge in [-0.25, -0.2) is 10.1 Å². The third-order valence-corrected chi connectivity index (χ3v) is 8.35. The van der Waals surface area contributed by atoms with E-state index in [2.05, 4.69) is 59.3 Å². The van der Waals surface area contributed by atoms with Crippen molar-refractivity contribution in [3.8, 4) is 18.2 Å². The second kappa shape index (κ2) is 16.5. The zero-order chi connectivity index (χ0) is 33.6. The number of quaternary nitrogens is 1. The van der Waals surface area contributed by atoms with Gasteiger partial charge < -0.3 is 19.6 Å². The maximum atomic E-state index is 10.3. The topological polar surface area (TPSA) is 119 Å². The Kier molecular flexibility index (Phi) is 12.0. The molecule has 2 N–H and O–H groups in total. The number of anilines is 1. The van der Waals surface area contributed by atoms with Gasteiger partial charge in [-0.05, 0) is 66.0 Å². The van der Waals surface area contributed by atoms with Gasteiger partial charge in [0.25, 0.3) is 5.70 Å².